The van der Waals surface area contributed by atoms with Crippen LogP contribution in [0.4, 0.5) is 0 Å². The van der Waals surface area contributed by atoms with Crippen LogP contribution in [-0.2, 0) is 0 Å². The van der Waals surface area contributed by atoms with Crippen LogP contribution in [-0.4, -0.2) is 12.0 Å². The van der Waals surface area contributed by atoms with Crippen LogP contribution in [0.5, 0.6) is 0 Å². The number of rotatable bonds is 1. The van der Waals surface area contributed by atoms with E-state index in [1.165, 1.54) is 0 Å². The number of amidine groups is 1. The van der Waals surface area contributed by atoms with Crippen molar-refractivity contribution in [3.05, 3.63) is 0 Å². The molecule has 1 atom stereocenters. The number of aliphatic imine (C=N–C) groups is 1. The summed E-state index contributed by atoms with van der Waals surface area (Å²) >= 11 is 0. The molecule has 0 amide bonds. The lowest BCUT2D eigenvalue weighted by molar-refractivity contribution is 0.512. The molecule has 0 N–H and O–H groups in total. The quantitative estimate of drug-likeness (QED) is 0.513. The van der Waals surface area contributed by atoms with Crippen molar-refractivity contribution in [2.45, 2.75) is 26.9 Å². The van der Waals surface area contributed by atoms with Crippen molar-refractivity contribution in [3.63, 3.8) is 0 Å². The molecule has 0 aromatic rings. The topological polar surface area (TPSA) is 37.1 Å². The molecule has 1 aliphatic rings. The van der Waals surface area contributed by atoms with E-state index in [4.69, 9.17) is 0 Å². The van der Waals surface area contributed by atoms with Gasteiger partial charge in [0.15, 0.2) is 6.17 Å². The first-order valence-electron chi connectivity index (χ1n) is 3.15. The van der Waals surface area contributed by atoms with Crippen molar-refractivity contribution in [2.75, 3.05) is 0 Å². The molecule has 1 rings (SSSR count). The van der Waals surface area contributed by atoms with Crippen molar-refractivity contribution in [1.82, 2.24) is 0 Å². The van der Waals surface area contributed by atoms with E-state index in [0.29, 0.717) is 5.92 Å². The Morgan fingerprint density at radius 2 is 2.11 bits per heavy atom. The first-order valence-corrected chi connectivity index (χ1v) is 3.15. The Morgan fingerprint density at radius 1 is 1.44 bits per heavy atom. The van der Waals surface area contributed by atoms with Gasteiger partial charge in [-0.1, -0.05) is 13.8 Å². The van der Waals surface area contributed by atoms with Crippen molar-refractivity contribution in [2.24, 2.45) is 21.1 Å². The molecular formula is C6H11N3. The molecule has 0 aliphatic carbocycles. The Bertz CT molecular complexity index is 158. The van der Waals surface area contributed by atoms with E-state index >= 15 is 0 Å². The minimum absolute atomic E-state index is 0.0880. The first-order chi connectivity index (χ1) is 4.20. The summed E-state index contributed by atoms with van der Waals surface area (Å²) in [6.45, 7) is 6.05. The van der Waals surface area contributed by atoms with E-state index in [9.17, 15) is 0 Å². The highest BCUT2D eigenvalue weighted by Gasteiger charge is 2.14. The molecule has 50 valence electrons. The van der Waals surface area contributed by atoms with E-state index in [0.717, 1.165) is 5.84 Å². The van der Waals surface area contributed by atoms with Gasteiger partial charge in [0.25, 0.3) is 0 Å². The summed E-state index contributed by atoms with van der Waals surface area (Å²) in [7, 11) is 0. The van der Waals surface area contributed by atoms with Crippen molar-refractivity contribution >= 4 is 5.84 Å². The van der Waals surface area contributed by atoms with Crippen LogP contribution in [0.25, 0.3) is 0 Å². The zero-order valence-electron chi connectivity index (χ0n) is 6.00. The van der Waals surface area contributed by atoms with Crippen LogP contribution >= 0.6 is 0 Å². The summed E-state index contributed by atoms with van der Waals surface area (Å²) in [6.07, 6.45) is 0.0880. The molecular weight excluding hydrogens is 114 g/mol. The third-order valence-corrected chi connectivity index (χ3v) is 1.24. The van der Waals surface area contributed by atoms with Gasteiger partial charge in [0.1, 0.15) is 5.84 Å². The summed E-state index contributed by atoms with van der Waals surface area (Å²) < 4.78 is 0. The largest absolute Gasteiger partial charge is 0.240 e. The third-order valence-electron chi connectivity index (χ3n) is 1.24. The lowest BCUT2D eigenvalue weighted by Gasteiger charge is -2.03. The molecule has 0 saturated carbocycles. The van der Waals surface area contributed by atoms with Crippen LogP contribution in [0.1, 0.15) is 20.8 Å². The lowest BCUT2D eigenvalue weighted by atomic mass is 10.2. The predicted molar refractivity (Wildman–Crippen MR) is 36.6 cm³/mol. The highest BCUT2D eigenvalue weighted by molar-refractivity contribution is 5.80. The SMILES string of the molecule is CC1=NC(C(C)C)N=N1. The van der Waals surface area contributed by atoms with Crippen LogP contribution in [0.15, 0.2) is 15.2 Å². The molecule has 1 unspecified atom stereocenters. The first kappa shape index (κ1) is 6.39. The minimum Gasteiger partial charge on any atom is -0.240 e. The molecule has 0 fully saturated rings. The number of azo groups is 1. The van der Waals surface area contributed by atoms with Gasteiger partial charge in [-0.3, -0.25) is 0 Å². The normalized spacial score (nSPS) is 25.3. The number of hydrogen-bond donors (Lipinski definition) is 0. The van der Waals surface area contributed by atoms with E-state index in [1.807, 2.05) is 6.92 Å². The average Bonchev–Trinajstić information content (AvgIpc) is 2.14. The molecule has 1 heterocycles. The van der Waals surface area contributed by atoms with Gasteiger partial charge >= 0.3 is 0 Å². The zero-order chi connectivity index (χ0) is 6.85. The summed E-state index contributed by atoms with van der Waals surface area (Å²) in [5.41, 5.74) is 0. The average molecular weight is 125 g/mol. The Balaban J connectivity index is 2.59. The Hall–Kier alpha value is -0.730. The highest BCUT2D eigenvalue weighted by atomic mass is 15.3. The Kier molecular flexibility index (Phi) is 1.60. The van der Waals surface area contributed by atoms with Crippen LogP contribution < -0.4 is 0 Å². The summed E-state index contributed by atoms with van der Waals surface area (Å²) in [6, 6.07) is 0. The summed E-state index contributed by atoms with van der Waals surface area (Å²) in [5, 5.41) is 7.75. The molecule has 3 nitrogen and oxygen atoms in total. The number of hydrogen-bond acceptors (Lipinski definition) is 3. The van der Waals surface area contributed by atoms with Gasteiger partial charge in [0.2, 0.25) is 0 Å². The maximum Gasteiger partial charge on any atom is 0.165 e. The van der Waals surface area contributed by atoms with Crippen LogP contribution in [0.3, 0.4) is 0 Å². The second-order valence-corrected chi connectivity index (χ2v) is 2.55. The van der Waals surface area contributed by atoms with Gasteiger partial charge in [-0.2, -0.15) is 5.11 Å². The smallest absolute Gasteiger partial charge is 0.165 e. The molecule has 0 radical (unpaired) electrons. The van der Waals surface area contributed by atoms with Gasteiger partial charge in [-0.25, -0.2) is 4.99 Å². The van der Waals surface area contributed by atoms with Gasteiger partial charge in [0, 0.05) is 0 Å². The third kappa shape index (κ3) is 1.34. The van der Waals surface area contributed by atoms with E-state index in [-0.39, 0.29) is 6.17 Å². The molecule has 0 spiro atoms. The maximum atomic E-state index is 4.17. The Morgan fingerprint density at radius 3 is 2.33 bits per heavy atom. The zero-order valence-corrected chi connectivity index (χ0v) is 6.00. The van der Waals surface area contributed by atoms with Crippen LogP contribution in [0, 0.1) is 5.92 Å². The van der Waals surface area contributed by atoms with Gasteiger partial charge in [-0.15, -0.1) is 5.11 Å². The second-order valence-electron chi connectivity index (χ2n) is 2.55. The monoisotopic (exact) mass is 125 g/mol. The minimum atomic E-state index is 0.0880. The van der Waals surface area contributed by atoms with Crippen molar-refractivity contribution in [1.29, 1.82) is 0 Å². The molecule has 3 heteroatoms. The highest BCUT2D eigenvalue weighted by Crippen LogP contribution is 2.13. The molecule has 9 heavy (non-hydrogen) atoms. The predicted octanol–water partition coefficient (Wildman–Crippen LogP) is 1.85. The fraction of sp³-hybridized carbons (Fsp3) is 0.833. The van der Waals surface area contributed by atoms with Gasteiger partial charge in [0.05, 0.1) is 0 Å². The summed E-state index contributed by atoms with van der Waals surface area (Å²) in [4.78, 5) is 4.17. The lowest BCUT2D eigenvalue weighted by Crippen LogP contribution is -2.06. The maximum absolute atomic E-state index is 4.17. The molecule has 0 aromatic heterocycles. The van der Waals surface area contributed by atoms with E-state index in [2.05, 4.69) is 29.1 Å². The fourth-order valence-corrected chi connectivity index (χ4v) is 0.668. The van der Waals surface area contributed by atoms with Gasteiger partial charge < -0.3 is 0 Å². The Labute approximate surface area is 54.9 Å². The van der Waals surface area contributed by atoms with E-state index in [1.54, 1.807) is 0 Å². The molecule has 0 bridgehead atoms. The van der Waals surface area contributed by atoms with Crippen molar-refractivity contribution < 1.29 is 0 Å². The van der Waals surface area contributed by atoms with Crippen molar-refractivity contribution in [3.8, 4) is 0 Å². The molecule has 0 aromatic carbocycles. The number of nitrogens with zero attached hydrogens (tertiary/aromatic N) is 3. The van der Waals surface area contributed by atoms with Gasteiger partial charge in [-0.05, 0) is 12.8 Å². The standard InChI is InChI=1S/C6H11N3/c1-4(2)6-7-5(3)8-9-6/h4,6H,1-3H3. The molecule has 1 aliphatic heterocycles. The fourth-order valence-electron chi connectivity index (χ4n) is 0.668. The second kappa shape index (κ2) is 2.25. The van der Waals surface area contributed by atoms with E-state index < -0.39 is 0 Å². The molecule has 0 saturated heterocycles. The van der Waals surface area contributed by atoms with Crippen LogP contribution in [0.2, 0.25) is 0 Å². The summed E-state index contributed by atoms with van der Waals surface area (Å²) in [5.74, 6) is 1.28.